The molecule has 2 aromatic carbocycles. The lowest BCUT2D eigenvalue weighted by atomic mass is 10.1. The Balaban J connectivity index is 2.02. The van der Waals surface area contributed by atoms with Crippen LogP contribution < -0.4 is 0 Å². The van der Waals surface area contributed by atoms with Gasteiger partial charge in [-0.25, -0.2) is 0 Å². The molecule has 0 fully saturated rings. The zero-order chi connectivity index (χ0) is 13.9. The van der Waals surface area contributed by atoms with Crippen molar-refractivity contribution in [1.29, 1.82) is 0 Å². The molecule has 0 N–H and O–H groups in total. The molecule has 1 heterocycles. The Labute approximate surface area is 125 Å². The summed E-state index contributed by atoms with van der Waals surface area (Å²) in [6, 6.07) is 21.1. The molecule has 2 nitrogen and oxygen atoms in total. The first-order valence-electron chi connectivity index (χ1n) is 6.29. The highest BCUT2D eigenvalue weighted by molar-refractivity contribution is 9.10. The van der Waals surface area contributed by atoms with E-state index in [9.17, 15) is 4.79 Å². The lowest BCUT2D eigenvalue weighted by Gasteiger charge is -2.08. The average molecular weight is 326 g/mol. The van der Waals surface area contributed by atoms with Gasteiger partial charge in [-0.15, -0.1) is 0 Å². The van der Waals surface area contributed by atoms with Crippen LogP contribution in [0.4, 0.5) is 0 Å². The summed E-state index contributed by atoms with van der Waals surface area (Å²) in [4.78, 5) is 12.5. The normalized spacial score (nSPS) is 10.4. The molecule has 0 saturated carbocycles. The molecule has 0 aliphatic carbocycles. The van der Waals surface area contributed by atoms with E-state index in [0.717, 1.165) is 15.7 Å². The molecule has 98 valence electrons. The summed E-state index contributed by atoms with van der Waals surface area (Å²) in [6.45, 7) is 0. The first-order chi connectivity index (χ1) is 9.75. The number of aromatic nitrogens is 1. The molecule has 0 spiro atoms. The fourth-order valence-corrected chi connectivity index (χ4v) is 2.40. The predicted molar refractivity (Wildman–Crippen MR) is 83.7 cm³/mol. The SMILES string of the molecule is O=C(c1ccccc1)n1cccc1-c1ccc(Br)cc1. The fourth-order valence-electron chi connectivity index (χ4n) is 2.13. The molecule has 0 amide bonds. The summed E-state index contributed by atoms with van der Waals surface area (Å²) in [5.74, 6) is -0.0199. The maximum Gasteiger partial charge on any atom is 0.262 e. The fraction of sp³-hybridized carbons (Fsp3) is 0. The van der Waals surface area contributed by atoms with Gasteiger partial charge >= 0.3 is 0 Å². The van der Waals surface area contributed by atoms with Crippen LogP contribution >= 0.6 is 15.9 Å². The standard InChI is InChI=1S/C17H12BrNO/c18-15-10-8-13(9-11-15)16-7-4-12-19(16)17(20)14-5-2-1-3-6-14/h1-12H. The largest absolute Gasteiger partial charge is 0.283 e. The second-order valence-electron chi connectivity index (χ2n) is 4.44. The minimum absolute atomic E-state index is 0.0199. The number of benzene rings is 2. The number of nitrogens with zero attached hydrogens (tertiary/aromatic N) is 1. The molecule has 0 aliphatic rings. The van der Waals surface area contributed by atoms with Crippen molar-refractivity contribution in [3.63, 3.8) is 0 Å². The number of carbonyl (C=O) groups excluding carboxylic acids is 1. The van der Waals surface area contributed by atoms with Crippen LogP contribution in [0.15, 0.2) is 77.4 Å². The van der Waals surface area contributed by atoms with E-state index in [1.54, 1.807) is 10.8 Å². The van der Waals surface area contributed by atoms with Crippen LogP contribution in [0.2, 0.25) is 0 Å². The van der Waals surface area contributed by atoms with Crippen molar-refractivity contribution >= 4 is 21.8 Å². The van der Waals surface area contributed by atoms with E-state index in [4.69, 9.17) is 0 Å². The molecular formula is C17H12BrNO. The van der Waals surface area contributed by atoms with Crippen molar-refractivity contribution in [3.8, 4) is 11.3 Å². The minimum Gasteiger partial charge on any atom is -0.283 e. The monoisotopic (exact) mass is 325 g/mol. The van der Waals surface area contributed by atoms with E-state index >= 15 is 0 Å². The first-order valence-corrected chi connectivity index (χ1v) is 7.08. The van der Waals surface area contributed by atoms with Gasteiger partial charge in [-0.05, 0) is 42.0 Å². The second-order valence-corrected chi connectivity index (χ2v) is 5.36. The van der Waals surface area contributed by atoms with Crippen LogP contribution in [0, 0.1) is 0 Å². The quantitative estimate of drug-likeness (QED) is 0.674. The third-order valence-corrected chi connectivity index (χ3v) is 3.66. The highest BCUT2D eigenvalue weighted by Crippen LogP contribution is 2.23. The summed E-state index contributed by atoms with van der Waals surface area (Å²) < 4.78 is 2.70. The summed E-state index contributed by atoms with van der Waals surface area (Å²) >= 11 is 3.42. The van der Waals surface area contributed by atoms with E-state index in [0.29, 0.717) is 5.56 Å². The van der Waals surface area contributed by atoms with Crippen molar-refractivity contribution in [2.24, 2.45) is 0 Å². The van der Waals surface area contributed by atoms with Gasteiger partial charge in [0.2, 0.25) is 0 Å². The Morgan fingerprint density at radius 2 is 1.55 bits per heavy atom. The van der Waals surface area contributed by atoms with Gasteiger partial charge in [0.05, 0.1) is 5.69 Å². The number of hydrogen-bond donors (Lipinski definition) is 0. The molecule has 0 saturated heterocycles. The van der Waals surface area contributed by atoms with Crippen molar-refractivity contribution in [1.82, 2.24) is 4.57 Å². The number of rotatable bonds is 2. The van der Waals surface area contributed by atoms with E-state index in [1.807, 2.05) is 66.7 Å². The van der Waals surface area contributed by atoms with Crippen LogP contribution in [-0.4, -0.2) is 10.5 Å². The zero-order valence-corrected chi connectivity index (χ0v) is 12.2. The first kappa shape index (κ1) is 12.9. The Hall–Kier alpha value is -2.13. The van der Waals surface area contributed by atoms with Gasteiger partial charge < -0.3 is 0 Å². The Kier molecular flexibility index (Phi) is 3.52. The molecule has 20 heavy (non-hydrogen) atoms. The van der Waals surface area contributed by atoms with Gasteiger partial charge in [0.25, 0.3) is 5.91 Å². The molecule has 3 aromatic rings. The van der Waals surface area contributed by atoms with Crippen LogP contribution in [0.5, 0.6) is 0 Å². The van der Waals surface area contributed by atoms with Crippen LogP contribution in [0.25, 0.3) is 11.3 Å². The van der Waals surface area contributed by atoms with E-state index in [2.05, 4.69) is 15.9 Å². The highest BCUT2D eigenvalue weighted by Gasteiger charge is 2.12. The molecular weight excluding hydrogens is 314 g/mol. The number of carbonyl (C=O) groups is 1. The maximum atomic E-state index is 12.5. The number of halogens is 1. The Bertz CT molecular complexity index is 729. The summed E-state index contributed by atoms with van der Waals surface area (Å²) in [5.41, 5.74) is 2.59. The third kappa shape index (κ3) is 2.45. The molecule has 0 bridgehead atoms. The van der Waals surface area contributed by atoms with Crippen molar-refractivity contribution < 1.29 is 4.79 Å². The molecule has 0 radical (unpaired) electrons. The third-order valence-electron chi connectivity index (χ3n) is 3.13. The molecule has 1 aromatic heterocycles. The second kappa shape index (κ2) is 5.47. The van der Waals surface area contributed by atoms with Gasteiger partial charge in [0.1, 0.15) is 0 Å². The number of hydrogen-bond acceptors (Lipinski definition) is 1. The highest BCUT2D eigenvalue weighted by atomic mass is 79.9. The summed E-state index contributed by atoms with van der Waals surface area (Å²) in [6.07, 6.45) is 1.80. The minimum atomic E-state index is -0.0199. The summed E-state index contributed by atoms with van der Waals surface area (Å²) in [5, 5.41) is 0. The van der Waals surface area contributed by atoms with Gasteiger partial charge in [0.15, 0.2) is 0 Å². The molecule has 3 heteroatoms. The maximum absolute atomic E-state index is 12.5. The summed E-state index contributed by atoms with van der Waals surface area (Å²) in [7, 11) is 0. The molecule has 0 unspecified atom stereocenters. The molecule has 3 rings (SSSR count). The predicted octanol–water partition coefficient (Wildman–Crippen LogP) is 4.61. The average Bonchev–Trinajstić information content (AvgIpc) is 2.97. The van der Waals surface area contributed by atoms with Crippen molar-refractivity contribution in [3.05, 3.63) is 83.0 Å². The van der Waals surface area contributed by atoms with Gasteiger partial charge in [-0.3, -0.25) is 9.36 Å². The molecule has 0 aliphatic heterocycles. The smallest absolute Gasteiger partial charge is 0.262 e. The molecule has 0 atom stereocenters. The van der Waals surface area contributed by atoms with Crippen molar-refractivity contribution in [2.45, 2.75) is 0 Å². The van der Waals surface area contributed by atoms with E-state index in [-0.39, 0.29) is 5.91 Å². The Morgan fingerprint density at radius 1 is 0.850 bits per heavy atom. The van der Waals surface area contributed by atoms with Crippen molar-refractivity contribution in [2.75, 3.05) is 0 Å². The van der Waals surface area contributed by atoms with Gasteiger partial charge in [-0.1, -0.05) is 46.3 Å². The van der Waals surface area contributed by atoms with Crippen LogP contribution in [-0.2, 0) is 0 Å². The zero-order valence-electron chi connectivity index (χ0n) is 10.7. The van der Waals surface area contributed by atoms with Gasteiger partial charge in [-0.2, -0.15) is 0 Å². The lowest BCUT2D eigenvalue weighted by Crippen LogP contribution is -2.11. The topological polar surface area (TPSA) is 22.0 Å². The van der Waals surface area contributed by atoms with E-state index in [1.165, 1.54) is 0 Å². The van der Waals surface area contributed by atoms with Crippen LogP contribution in [0.3, 0.4) is 0 Å². The Morgan fingerprint density at radius 3 is 2.25 bits per heavy atom. The van der Waals surface area contributed by atoms with Crippen LogP contribution in [0.1, 0.15) is 10.4 Å². The lowest BCUT2D eigenvalue weighted by molar-refractivity contribution is 0.0962. The van der Waals surface area contributed by atoms with Gasteiger partial charge in [0, 0.05) is 16.2 Å². The van der Waals surface area contributed by atoms with E-state index < -0.39 is 0 Å².